The number of rotatable bonds is 6. The first-order valence-electron chi connectivity index (χ1n) is 7.28. The van der Waals surface area contributed by atoms with Crippen molar-refractivity contribution in [3.63, 3.8) is 0 Å². The first kappa shape index (κ1) is 31.9. The van der Waals surface area contributed by atoms with E-state index in [1.54, 1.807) is 0 Å². The van der Waals surface area contributed by atoms with E-state index in [4.69, 9.17) is 15.3 Å². The second kappa shape index (κ2) is 51.1. The molecule has 0 unspecified atom stereocenters. The van der Waals surface area contributed by atoms with E-state index in [-0.39, 0.29) is 26.2 Å². The molecule has 0 amide bonds. The van der Waals surface area contributed by atoms with Crippen molar-refractivity contribution in [1.29, 1.82) is 0 Å². The van der Waals surface area contributed by atoms with Gasteiger partial charge in [0.05, 0.1) is 0 Å². The first-order chi connectivity index (χ1) is 8.66. The molecule has 0 aliphatic rings. The number of aliphatic hydroxyl groups excluding tert-OH is 3. The molecular formula is C15H37O3Zr-. The van der Waals surface area contributed by atoms with Gasteiger partial charge < -0.3 is 22.2 Å². The fourth-order valence-electron chi connectivity index (χ4n) is 0.474. The Labute approximate surface area is 140 Å². The fourth-order valence-corrected chi connectivity index (χ4v) is 0.474. The van der Waals surface area contributed by atoms with Crippen LogP contribution in [0.15, 0.2) is 0 Å². The molecular weight excluding hydrogens is 319 g/mol. The molecule has 120 valence electrons. The Balaban J connectivity index is -0.0000000458. The van der Waals surface area contributed by atoms with E-state index in [2.05, 4.69) is 27.7 Å². The van der Waals surface area contributed by atoms with Crippen molar-refractivity contribution in [3.8, 4) is 0 Å². The van der Waals surface area contributed by atoms with E-state index in [1.807, 2.05) is 6.92 Å². The van der Waals surface area contributed by atoms with Gasteiger partial charge in [0.1, 0.15) is 0 Å². The first-order valence-corrected chi connectivity index (χ1v) is 7.28. The summed E-state index contributed by atoms with van der Waals surface area (Å²) in [7, 11) is 0. The van der Waals surface area contributed by atoms with Crippen LogP contribution < -0.4 is 0 Å². The largest absolute Gasteiger partial charge is 0.396 e. The summed E-state index contributed by atoms with van der Waals surface area (Å²) in [6.45, 7) is 12.7. The Kier molecular flexibility index (Phi) is 85.9. The Morgan fingerprint density at radius 1 is 0.632 bits per heavy atom. The van der Waals surface area contributed by atoms with Gasteiger partial charge >= 0.3 is 0 Å². The van der Waals surface area contributed by atoms with Crippen molar-refractivity contribution in [2.24, 2.45) is 0 Å². The zero-order valence-corrected chi connectivity index (χ0v) is 16.1. The molecule has 0 aromatic carbocycles. The molecule has 0 bridgehead atoms. The third-order valence-corrected chi connectivity index (χ3v) is 1.54. The van der Waals surface area contributed by atoms with Crippen LogP contribution in [0.5, 0.6) is 0 Å². The van der Waals surface area contributed by atoms with Crippen molar-refractivity contribution in [3.05, 3.63) is 6.92 Å². The molecule has 0 fully saturated rings. The van der Waals surface area contributed by atoms with Crippen LogP contribution in [0.1, 0.15) is 72.6 Å². The fraction of sp³-hybridized carbons (Fsp3) is 0.933. The second-order valence-corrected chi connectivity index (χ2v) is 3.73. The van der Waals surface area contributed by atoms with Gasteiger partial charge in [-0.25, -0.2) is 0 Å². The van der Waals surface area contributed by atoms with E-state index >= 15 is 0 Å². The zero-order valence-electron chi connectivity index (χ0n) is 13.6. The molecule has 0 aliphatic carbocycles. The minimum Gasteiger partial charge on any atom is -0.396 e. The molecule has 0 rings (SSSR count). The van der Waals surface area contributed by atoms with Gasteiger partial charge in [0.25, 0.3) is 0 Å². The summed E-state index contributed by atoms with van der Waals surface area (Å²) in [5.41, 5.74) is 0. The summed E-state index contributed by atoms with van der Waals surface area (Å²) in [6, 6.07) is 0. The van der Waals surface area contributed by atoms with Gasteiger partial charge in [-0.3, -0.25) is 0 Å². The number of aliphatic hydroxyl groups is 3. The molecule has 0 spiro atoms. The molecule has 0 aromatic rings. The van der Waals surface area contributed by atoms with Gasteiger partial charge in [0, 0.05) is 46.0 Å². The maximum Gasteiger partial charge on any atom is 0.0430 e. The van der Waals surface area contributed by atoms with E-state index in [0.717, 1.165) is 44.9 Å². The molecule has 4 heteroatoms. The number of unbranched alkanes of at least 4 members (excludes halogenated alkanes) is 3. The molecule has 0 heterocycles. The summed E-state index contributed by atoms with van der Waals surface area (Å²) in [4.78, 5) is 0. The van der Waals surface area contributed by atoms with E-state index in [9.17, 15) is 0 Å². The van der Waals surface area contributed by atoms with E-state index in [0.29, 0.717) is 19.8 Å². The van der Waals surface area contributed by atoms with Gasteiger partial charge in [0.2, 0.25) is 0 Å². The smallest absolute Gasteiger partial charge is 0.0430 e. The van der Waals surface area contributed by atoms with E-state index in [1.165, 1.54) is 0 Å². The molecule has 3 N–H and O–H groups in total. The van der Waals surface area contributed by atoms with Crippen LogP contribution in [-0.2, 0) is 26.2 Å². The topological polar surface area (TPSA) is 60.7 Å². The van der Waals surface area contributed by atoms with Crippen molar-refractivity contribution in [2.45, 2.75) is 72.6 Å². The van der Waals surface area contributed by atoms with Crippen LogP contribution in [0.25, 0.3) is 0 Å². The van der Waals surface area contributed by atoms with Crippen LogP contribution >= 0.6 is 0 Å². The van der Waals surface area contributed by atoms with Crippen LogP contribution in [0, 0.1) is 6.92 Å². The average molecular weight is 357 g/mol. The monoisotopic (exact) mass is 355 g/mol. The summed E-state index contributed by atoms with van der Waals surface area (Å²) in [5, 5.41) is 24.2. The quantitative estimate of drug-likeness (QED) is 0.638. The standard InChI is InChI=1S/3C4H10O.C3H7.Zr/c3*1-2-3-4-5;1-3-2;/h3*5H,2-4H2,1H3;1,3H2,2H3;/q;;;-1;. The molecule has 19 heavy (non-hydrogen) atoms. The normalized spacial score (nSPS) is 7.58. The Morgan fingerprint density at radius 2 is 0.789 bits per heavy atom. The summed E-state index contributed by atoms with van der Waals surface area (Å²) in [6.07, 6.45) is 7.11. The Bertz CT molecular complexity index is 63.5. The third kappa shape index (κ3) is 115. The molecule has 0 saturated heterocycles. The van der Waals surface area contributed by atoms with E-state index < -0.39 is 0 Å². The Hall–Kier alpha value is 0.763. The maximum atomic E-state index is 8.07. The third-order valence-electron chi connectivity index (χ3n) is 1.54. The van der Waals surface area contributed by atoms with Crippen LogP contribution in [0.2, 0.25) is 0 Å². The minimum absolute atomic E-state index is 0. The second-order valence-electron chi connectivity index (χ2n) is 3.73. The average Bonchev–Trinajstić information content (AvgIpc) is 2.35. The van der Waals surface area contributed by atoms with Gasteiger partial charge in [-0.05, 0) is 19.3 Å². The van der Waals surface area contributed by atoms with Gasteiger partial charge in [-0.15, -0.1) is 0 Å². The zero-order chi connectivity index (χ0) is 15.1. The molecule has 3 nitrogen and oxygen atoms in total. The van der Waals surface area contributed by atoms with Crippen molar-refractivity contribution >= 4 is 0 Å². The SMILES string of the molecule is CCCCO.CCCCO.CCCCO.[CH2-]CC.[Zr]. The predicted molar refractivity (Wildman–Crippen MR) is 81.6 cm³/mol. The summed E-state index contributed by atoms with van der Waals surface area (Å²) >= 11 is 0. The molecule has 0 aromatic heterocycles. The molecule has 0 saturated carbocycles. The van der Waals surface area contributed by atoms with Crippen LogP contribution in [0.4, 0.5) is 0 Å². The van der Waals surface area contributed by atoms with Crippen LogP contribution in [-0.4, -0.2) is 35.1 Å². The number of hydrogen-bond donors (Lipinski definition) is 3. The van der Waals surface area contributed by atoms with Crippen molar-refractivity contribution in [2.75, 3.05) is 19.8 Å². The van der Waals surface area contributed by atoms with Gasteiger partial charge in [-0.2, -0.15) is 6.42 Å². The number of hydrogen-bond acceptors (Lipinski definition) is 3. The minimum atomic E-state index is 0. The maximum absolute atomic E-state index is 8.07. The van der Waals surface area contributed by atoms with Gasteiger partial charge in [0.15, 0.2) is 0 Å². The predicted octanol–water partition coefficient (Wildman–Crippen LogP) is 3.56. The summed E-state index contributed by atoms with van der Waals surface area (Å²) in [5.74, 6) is 0. The van der Waals surface area contributed by atoms with Crippen LogP contribution in [0.3, 0.4) is 0 Å². The molecule has 0 aliphatic heterocycles. The van der Waals surface area contributed by atoms with Gasteiger partial charge in [-0.1, -0.05) is 47.0 Å². The Morgan fingerprint density at radius 3 is 0.789 bits per heavy atom. The molecule has 0 radical (unpaired) electrons. The van der Waals surface area contributed by atoms with Crippen molar-refractivity contribution < 1.29 is 41.5 Å². The van der Waals surface area contributed by atoms with Crippen molar-refractivity contribution in [1.82, 2.24) is 0 Å². The molecule has 0 atom stereocenters. The summed E-state index contributed by atoms with van der Waals surface area (Å²) < 4.78 is 0.